The lowest BCUT2D eigenvalue weighted by molar-refractivity contribution is 0.0875. The highest BCUT2D eigenvalue weighted by Gasteiger charge is 2.17. The first kappa shape index (κ1) is 11.8. The fourth-order valence-electron chi connectivity index (χ4n) is 1.89. The van der Waals surface area contributed by atoms with Gasteiger partial charge in [0.2, 0.25) is 0 Å². The van der Waals surface area contributed by atoms with Crippen LogP contribution in [0.4, 0.5) is 5.82 Å². The average molecular weight is 232 g/mol. The van der Waals surface area contributed by atoms with E-state index in [-0.39, 0.29) is 6.04 Å². The Bertz CT molecular complexity index is 447. The molecule has 1 saturated heterocycles. The van der Waals surface area contributed by atoms with E-state index in [1.807, 2.05) is 13.8 Å². The molecule has 2 rings (SSSR count). The van der Waals surface area contributed by atoms with Gasteiger partial charge in [-0.3, -0.25) is 0 Å². The van der Waals surface area contributed by atoms with Crippen molar-refractivity contribution in [2.24, 2.45) is 0 Å². The highest BCUT2D eigenvalue weighted by Crippen LogP contribution is 2.19. The Labute approximate surface area is 101 Å². The highest BCUT2D eigenvalue weighted by molar-refractivity contribution is 5.56. The summed E-state index contributed by atoms with van der Waals surface area (Å²) < 4.78 is 5.39. The average Bonchev–Trinajstić information content (AvgIpc) is 2.36. The smallest absolute Gasteiger partial charge is 0.167 e. The van der Waals surface area contributed by atoms with E-state index in [1.165, 1.54) is 0 Å². The second kappa shape index (κ2) is 5.11. The summed E-state index contributed by atoms with van der Waals surface area (Å²) in [6, 6.07) is 2.42. The van der Waals surface area contributed by atoms with Crippen LogP contribution in [0.3, 0.4) is 0 Å². The molecule has 5 nitrogen and oxygen atoms in total. The number of rotatable bonds is 2. The molecule has 1 aromatic rings. The standard InChI is InChI=1S/C12H16N4O/c1-8-9(2)15-16-12(11(8)6-13)14-10-4-3-5-17-7-10/h10H,3-5,7H2,1-2H3,(H,14,16). The number of nitrogens with zero attached hydrogens (tertiary/aromatic N) is 3. The Balaban J connectivity index is 2.20. The van der Waals surface area contributed by atoms with E-state index in [4.69, 9.17) is 10.00 Å². The number of anilines is 1. The summed E-state index contributed by atoms with van der Waals surface area (Å²) in [4.78, 5) is 0. The number of ether oxygens (including phenoxy) is 1. The van der Waals surface area contributed by atoms with E-state index in [0.29, 0.717) is 18.0 Å². The van der Waals surface area contributed by atoms with Crippen LogP contribution in [0.1, 0.15) is 29.7 Å². The summed E-state index contributed by atoms with van der Waals surface area (Å²) in [5.41, 5.74) is 2.27. The monoisotopic (exact) mass is 232 g/mol. The highest BCUT2D eigenvalue weighted by atomic mass is 16.5. The lowest BCUT2D eigenvalue weighted by Gasteiger charge is -2.24. The first-order valence-electron chi connectivity index (χ1n) is 5.80. The minimum Gasteiger partial charge on any atom is -0.379 e. The molecule has 2 heterocycles. The van der Waals surface area contributed by atoms with Gasteiger partial charge in [-0.1, -0.05) is 0 Å². The Kier molecular flexibility index (Phi) is 3.55. The molecule has 1 aromatic heterocycles. The first-order valence-corrected chi connectivity index (χ1v) is 5.80. The number of nitrogens with one attached hydrogen (secondary N) is 1. The normalized spacial score (nSPS) is 19.7. The number of nitriles is 1. The third-order valence-electron chi connectivity index (χ3n) is 3.07. The molecule has 0 radical (unpaired) electrons. The molecule has 1 atom stereocenters. The zero-order valence-electron chi connectivity index (χ0n) is 10.2. The molecule has 1 unspecified atom stereocenters. The van der Waals surface area contributed by atoms with Crippen molar-refractivity contribution in [3.63, 3.8) is 0 Å². The predicted octanol–water partition coefficient (Wildman–Crippen LogP) is 1.56. The van der Waals surface area contributed by atoms with Crippen LogP contribution in [-0.4, -0.2) is 29.5 Å². The maximum absolute atomic E-state index is 9.16. The first-order chi connectivity index (χ1) is 8.22. The molecule has 90 valence electrons. The molecule has 0 amide bonds. The number of aromatic nitrogens is 2. The molecular formula is C12H16N4O. The predicted molar refractivity (Wildman–Crippen MR) is 63.7 cm³/mol. The van der Waals surface area contributed by atoms with Crippen LogP contribution in [0, 0.1) is 25.2 Å². The zero-order chi connectivity index (χ0) is 12.3. The maximum atomic E-state index is 9.16. The van der Waals surface area contributed by atoms with Crippen LogP contribution in [0.15, 0.2) is 0 Å². The Hall–Kier alpha value is -1.67. The fraction of sp³-hybridized carbons (Fsp3) is 0.583. The lowest BCUT2D eigenvalue weighted by atomic mass is 10.1. The quantitative estimate of drug-likeness (QED) is 0.837. The van der Waals surface area contributed by atoms with Crippen LogP contribution in [0.5, 0.6) is 0 Å². The van der Waals surface area contributed by atoms with Crippen LogP contribution < -0.4 is 5.32 Å². The van der Waals surface area contributed by atoms with Crippen LogP contribution in [0.25, 0.3) is 0 Å². The van der Waals surface area contributed by atoms with Gasteiger partial charge in [0.05, 0.1) is 18.3 Å². The molecule has 1 fully saturated rings. The summed E-state index contributed by atoms with van der Waals surface area (Å²) in [5, 5.41) is 20.5. The van der Waals surface area contributed by atoms with Gasteiger partial charge in [0.1, 0.15) is 11.6 Å². The molecule has 0 bridgehead atoms. The van der Waals surface area contributed by atoms with Crippen LogP contribution in [0.2, 0.25) is 0 Å². The molecule has 0 aromatic carbocycles. The van der Waals surface area contributed by atoms with Crippen molar-refractivity contribution in [3.8, 4) is 6.07 Å². The van der Waals surface area contributed by atoms with Crippen molar-refractivity contribution in [1.29, 1.82) is 5.26 Å². The van der Waals surface area contributed by atoms with Crippen LogP contribution >= 0.6 is 0 Å². The summed E-state index contributed by atoms with van der Waals surface area (Å²) >= 11 is 0. The molecule has 0 aliphatic carbocycles. The fourth-order valence-corrected chi connectivity index (χ4v) is 1.89. The second-order valence-electron chi connectivity index (χ2n) is 4.30. The van der Waals surface area contributed by atoms with Crippen molar-refractivity contribution >= 4 is 5.82 Å². The van der Waals surface area contributed by atoms with E-state index in [9.17, 15) is 0 Å². The molecule has 0 spiro atoms. The van der Waals surface area contributed by atoms with Crippen molar-refractivity contribution < 1.29 is 4.74 Å². The molecule has 1 aliphatic heterocycles. The Morgan fingerprint density at radius 3 is 2.88 bits per heavy atom. The van der Waals surface area contributed by atoms with Crippen molar-refractivity contribution in [2.45, 2.75) is 32.7 Å². The largest absolute Gasteiger partial charge is 0.379 e. The molecular weight excluding hydrogens is 216 g/mol. The number of hydrogen-bond acceptors (Lipinski definition) is 5. The minimum atomic E-state index is 0.229. The Morgan fingerprint density at radius 1 is 1.41 bits per heavy atom. The summed E-state index contributed by atoms with van der Waals surface area (Å²) in [6.07, 6.45) is 2.08. The van der Waals surface area contributed by atoms with Crippen molar-refractivity contribution in [2.75, 3.05) is 18.5 Å². The van der Waals surface area contributed by atoms with Gasteiger partial charge >= 0.3 is 0 Å². The van der Waals surface area contributed by atoms with E-state index in [2.05, 4.69) is 21.6 Å². The molecule has 17 heavy (non-hydrogen) atoms. The molecule has 5 heteroatoms. The van der Waals surface area contributed by atoms with Crippen molar-refractivity contribution in [1.82, 2.24) is 10.2 Å². The van der Waals surface area contributed by atoms with Gasteiger partial charge in [-0.2, -0.15) is 10.4 Å². The Morgan fingerprint density at radius 2 is 2.24 bits per heavy atom. The number of hydrogen-bond donors (Lipinski definition) is 1. The summed E-state index contributed by atoms with van der Waals surface area (Å²) in [7, 11) is 0. The topological polar surface area (TPSA) is 70.8 Å². The maximum Gasteiger partial charge on any atom is 0.167 e. The van der Waals surface area contributed by atoms with Gasteiger partial charge in [0, 0.05) is 6.61 Å². The van der Waals surface area contributed by atoms with E-state index in [1.54, 1.807) is 0 Å². The van der Waals surface area contributed by atoms with Gasteiger partial charge in [0.15, 0.2) is 5.82 Å². The van der Waals surface area contributed by atoms with Gasteiger partial charge < -0.3 is 10.1 Å². The second-order valence-corrected chi connectivity index (χ2v) is 4.30. The molecule has 1 aliphatic rings. The number of aryl methyl sites for hydroxylation is 1. The molecule has 0 saturated carbocycles. The molecule has 1 N–H and O–H groups in total. The van der Waals surface area contributed by atoms with Gasteiger partial charge in [-0.05, 0) is 32.3 Å². The lowest BCUT2D eigenvalue weighted by Crippen LogP contribution is -2.31. The van der Waals surface area contributed by atoms with Gasteiger partial charge in [-0.25, -0.2) is 0 Å². The zero-order valence-corrected chi connectivity index (χ0v) is 10.2. The SMILES string of the molecule is Cc1nnc(NC2CCCOC2)c(C#N)c1C. The van der Waals surface area contributed by atoms with E-state index < -0.39 is 0 Å². The minimum absolute atomic E-state index is 0.229. The third-order valence-corrected chi connectivity index (χ3v) is 3.07. The van der Waals surface area contributed by atoms with Gasteiger partial charge in [0.25, 0.3) is 0 Å². The summed E-state index contributed by atoms with van der Waals surface area (Å²) in [5.74, 6) is 0.575. The van der Waals surface area contributed by atoms with Crippen LogP contribution in [-0.2, 0) is 4.74 Å². The van der Waals surface area contributed by atoms with Crippen molar-refractivity contribution in [3.05, 3.63) is 16.8 Å². The van der Waals surface area contributed by atoms with E-state index in [0.717, 1.165) is 30.7 Å². The van der Waals surface area contributed by atoms with Gasteiger partial charge in [-0.15, -0.1) is 5.10 Å². The van der Waals surface area contributed by atoms with E-state index >= 15 is 0 Å². The third kappa shape index (κ3) is 2.53. The summed E-state index contributed by atoms with van der Waals surface area (Å²) in [6.45, 7) is 5.24.